The van der Waals surface area contributed by atoms with Crippen LogP contribution in [0.25, 0.3) is 0 Å². The average Bonchev–Trinajstić information content (AvgIpc) is 3.15. The Bertz CT molecular complexity index is 1050. The second-order valence-corrected chi connectivity index (χ2v) is 7.02. The minimum Gasteiger partial charge on any atom is -0.497 e. The van der Waals surface area contributed by atoms with Crippen LogP contribution in [0.15, 0.2) is 65.1 Å². The van der Waals surface area contributed by atoms with E-state index in [-0.39, 0.29) is 18.4 Å². The predicted octanol–water partition coefficient (Wildman–Crippen LogP) is 4.03. The van der Waals surface area contributed by atoms with Crippen LogP contribution in [0.3, 0.4) is 0 Å². The van der Waals surface area contributed by atoms with E-state index >= 15 is 0 Å². The van der Waals surface area contributed by atoms with Gasteiger partial charge in [0.1, 0.15) is 23.8 Å². The van der Waals surface area contributed by atoms with E-state index in [2.05, 4.69) is 0 Å². The number of amides is 2. The number of hydrogen-bond donors (Lipinski definition) is 0. The van der Waals surface area contributed by atoms with E-state index < -0.39 is 6.04 Å². The fraction of sp³-hybridized carbons (Fsp3) is 0.217. The minimum atomic E-state index is -0.877. The molecule has 0 radical (unpaired) electrons. The highest BCUT2D eigenvalue weighted by Crippen LogP contribution is 2.36. The number of rotatable bonds is 4. The first-order chi connectivity index (χ1) is 14.0. The molecule has 3 aromatic rings. The van der Waals surface area contributed by atoms with Crippen molar-refractivity contribution in [1.29, 1.82) is 0 Å². The molecule has 0 N–H and O–H groups in total. The molecule has 1 fully saturated rings. The van der Waals surface area contributed by atoms with Gasteiger partial charge in [0.2, 0.25) is 5.91 Å². The lowest BCUT2D eigenvalue weighted by Gasteiger charge is -2.39. The van der Waals surface area contributed by atoms with Crippen molar-refractivity contribution < 1.29 is 18.7 Å². The summed E-state index contributed by atoms with van der Waals surface area (Å²) >= 11 is 0. The van der Waals surface area contributed by atoms with Gasteiger partial charge in [-0.1, -0.05) is 18.2 Å². The summed E-state index contributed by atoms with van der Waals surface area (Å²) in [6.45, 7) is 3.70. The molecule has 29 heavy (non-hydrogen) atoms. The summed E-state index contributed by atoms with van der Waals surface area (Å²) in [4.78, 5) is 29.9. The van der Waals surface area contributed by atoms with Gasteiger partial charge in [0.25, 0.3) is 5.91 Å². The van der Waals surface area contributed by atoms with Gasteiger partial charge in [-0.2, -0.15) is 0 Å². The molecule has 0 unspecified atom stereocenters. The van der Waals surface area contributed by atoms with Crippen LogP contribution in [0, 0.1) is 13.8 Å². The number of para-hydroxylation sites is 1. The van der Waals surface area contributed by atoms with Crippen molar-refractivity contribution in [2.75, 3.05) is 23.5 Å². The Kier molecular flexibility index (Phi) is 4.84. The maximum absolute atomic E-state index is 13.6. The maximum atomic E-state index is 13.6. The van der Waals surface area contributed by atoms with Crippen molar-refractivity contribution in [3.05, 3.63) is 77.7 Å². The van der Waals surface area contributed by atoms with E-state index in [9.17, 15) is 9.59 Å². The number of aryl methyl sites for hydroxylation is 2. The van der Waals surface area contributed by atoms with Crippen molar-refractivity contribution in [3.63, 3.8) is 0 Å². The molecule has 0 aliphatic carbocycles. The van der Waals surface area contributed by atoms with Crippen molar-refractivity contribution in [2.24, 2.45) is 0 Å². The summed E-state index contributed by atoms with van der Waals surface area (Å²) in [7, 11) is 1.58. The first-order valence-corrected chi connectivity index (χ1v) is 9.39. The number of nitrogens with zero attached hydrogens (tertiary/aromatic N) is 2. The van der Waals surface area contributed by atoms with Gasteiger partial charge in [0.05, 0.1) is 7.11 Å². The Morgan fingerprint density at radius 1 is 0.966 bits per heavy atom. The highest BCUT2D eigenvalue weighted by Gasteiger charge is 2.43. The highest BCUT2D eigenvalue weighted by molar-refractivity contribution is 6.14. The fourth-order valence-corrected chi connectivity index (χ4v) is 3.65. The number of methoxy groups -OCH3 is 1. The molecule has 6 nitrogen and oxygen atoms in total. The number of anilines is 2. The van der Waals surface area contributed by atoms with Crippen LogP contribution in [0.4, 0.5) is 11.4 Å². The van der Waals surface area contributed by atoms with Gasteiger partial charge in [-0.15, -0.1) is 0 Å². The van der Waals surface area contributed by atoms with Crippen LogP contribution in [-0.4, -0.2) is 25.5 Å². The molecule has 0 spiro atoms. The fourth-order valence-electron chi connectivity index (χ4n) is 3.65. The van der Waals surface area contributed by atoms with Crippen molar-refractivity contribution in [1.82, 2.24) is 0 Å². The molecule has 2 amide bonds. The lowest BCUT2D eigenvalue weighted by Crippen LogP contribution is -2.56. The zero-order valence-electron chi connectivity index (χ0n) is 16.6. The van der Waals surface area contributed by atoms with E-state index in [4.69, 9.17) is 9.15 Å². The Balaban J connectivity index is 1.80. The SMILES string of the molecule is COc1ccc(N2C(=O)CN(c3ccccc3C)C(=O)[C@H]2c2ccc(C)o2)cc1. The molecule has 1 saturated heterocycles. The molecule has 2 heterocycles. The maximum Gasteiger partial charge on any atom is 0.258 e. The van der Waals surface area contributed by atoms with Gasteiger partial charge in [0.15, 0.2) is 6.04 Å². The van der Waals surface area contributed by atoms with E-state index in [0.717, 1.165) is 11.3 Å². The van der Waals surface area contributed by atoms with Gasteiger partial charge < -0.3 is 14.1 Å². The summed E-state index contributed by atoms with van der Waals surface area (Å²) in [6, 6.07) is 17.3. The van der Waals surface area contributed by atoms with Crippen LogP contribution >= 0.6 is 0 Å². The molecule has 1 aliphatic heterocycles. The first-order valence-electron chi connectivity index (χ1n) is 9.39. The molecular formula is C23H22N2O4. The molecule has 6 heteroatoms. The summed E-state index contributed by atoms with van der Waals surface area (Å²) < 4.78 is 11.0. The smallest absolute Gasteiger partial charge is 0.258 e. The third-order valence-corrected chi connectivity index (χ3v) is 5.11. The molecule has 2 aromatic carbocycles. The molecule has 0 saturated carbocycles. The van der Waals surface area contributed by atoms with Crippen LogP contribution in [0.1, 0.15) is 23.1 Å². The molecule has 4 rings (SSSR count). The molecule has 1 atom stereocenters. The number of furan rings is 1. The number of hydrogen-bond acceptors (Lipinski definition) is 4. The number of ether oxygens (including phenoxy) is 1. The standard InChI is InChI=1S/C23H22N2O4/c1-15-6-4-5-7-19(15)24-14-21(26)25(17-9-11-18(28-3)12-10-17)22(23(24)27)20-13-8-16(2)29-20/h4-13,22H,14H2,1-3H3/t22-/m1/s1. The summed E-state index contributed by atoms with van der Waals surface area (Å²) in [5, 5.41) is 0. The van der Waals surface area contributed by atoms with Crippen LogP contribution in [0.5, 0.6) is 5.75 Å². The lowest BCUT2D eigenvalue weighted by atomic mass is 10.0. The summed E-state index contributed by atoms with van der Waals surface area (Å²) in [5.74, 6) is 1.41. The number of benzene rings is 2. The molecule has 1 aliphatic rings. The predicted molar refractivity (Wildman–Crippen MR) is 110 cm³/mol. The third kappa shape index (κ3) is 3.38. The van der Waals surface area contributed by atoms with Gasteiger partial charge in [0, 0.05) is 11.4 Å². The van der Waals surface area contributed by atoms with Crippen LogP contribution in [-0.2, 0) is 9.59 Å². The van der Waals surface area contributed by atoms with Gasteiger partial charge in [-0.25, -0.2) is 0 Å². The zero-order chi connectivity index (χ0) is 20.5. The van der Waals surface area contributed by atoms with Crippen LogP contribution < -0.4 is 14.5 Å². The molecule has 1 aromatic heterocycles. The first kappa shape index (κ1) is 18.8. The zero-order valence-corrected chi connectivity index (χ0v) is 16.6. The number of carbonyl (C=O) groups is 2. The Morgan fingerprint density at radius 3 is 2.31 bits per heavy atom. The van der Waals surface area contributed by atoms with E-state index in [1.165, 1.54) is 4.90 Å². The molecule has 148 valence electrons. The van der Waals surface area contributed by atoms with Crippen molar-refractivity contribution >= 4 is 23.2 Å². The van der Waals surface area contributed by atoms with Gasteiger partial charge in [-0.3, -0.25) is 14.5 Å². The Labute approximate surface area is 169 Å². The lowest BCUT2D eigenvalue weighted by molar-refractivity contribution is -0.129. The second-order valence-electron chi connectivity index (χ2n) is 7.02. The molecular weight excluding hydrogens is 368 g/mol. The monoisotopic (exact) mass is 390 g/mol. The van der Waals surface area contributed by atoms with Crippen molar-refractivity contribution in [2.45, 2.75) is 19.9 Å². The normalized spacial score (nSPS) is 17.0. The molecule has 0 bridgehead atoms. The van der Waals surface area contributed by atoms with E-state index in [0.29, 0.717) is 23.0 Å². The van der Waals surface area contributed by atoms with Gasteiger partial charge in [-0.05, 0) is 61.9 Å². The van der Waals surface area contributed by atoms with Crippen molar-refractivity contribution in [3.8, 4) is 5.75 Å². The minimum absolute atomic E-state index is 0.0358. The number of piperazine rings is 1. The van der Waals surface area contributed by atoms with E-state index in [1.807, 2.05) is 38.1 Å². The topological polar surface area (TPSA) is 63.0 Å². The average molecular weight is 390 g/mol. The second kappa shape index (κ2) is 7.47. The number of carbonyl (C=O) groups excluding carboxylic acids is 2. The summed E-state index contributed by atoms with van der Waals surface area (Å²) in [5.41, 5.74) is 2.28. The third-order valence-electron chi connectivity index (χ3n) is 5.11. The summed E-state index contributed by atoms with van der Waals surface area (Å²) in [6.07, 6.45) is 0. The Morgan fingerprint density at radius 2 is 1.69 bits per heavy atom. The van der Waals surface area contributed by atoms with Gasteiger partial charge >= 0.3 is 0 Å². The van der Waals surface area contributed by atoms with E-state index in [1.54, 1.807) is 48.4 Å². The largest absolute Gasteiger partial charge is 0.497 e. The quantitative estimate of drug-likeness (QED) is 0.675. The van der Waals surface area contributed by atoms with Crippen LogP contribution in [0.2, 0.25) is 0 Å². The highest BCUT2D eigenvalue weighted by atomic mass is 16.5. The Hall–Kier alpha value is -3.54.